The summed E-state index contributed by atoms with van der Waals surface area (Å²) in [6.45, 7) is 2.17. The number of nitrogens with zero attached hydrogens (tertiary/aromatic N) is 4. The van der Waals surface area contributed by atoms with Crippen molar-refractivity contribution in [3.05, 3.63) is 47.3 Å². The third-order valence-corrected chi connectivity index (χ3v) is 5.78. The fourth-order valence-corrected chi connectivity index (χ4v) is 4.19. The number of carbonyl (C=O) groups excluding carboxylic acids is 2. The summed E-state index contributed by atoms with van der Waals surface area (Å²) in [4.78, 5) is 26.6. The number of aryl methyl sites for hydroxylation is 1. The smallest absolute Gasteiger partial charge is 0.251 e. The van der Waals surface area contributed by atoms with Crippen LogP contribution in [0.3, 0.4) is 0 Å². The van der Waals surface area contributed by atoms with Gasteiger partial charge in [0.15, 0.2) is 0 Å². The minimum atomic E-state index is -0.400. The lowest BCUT2D eigenvalue weighted by atomic mass is 9.97. The van der Waals surface area contributed by atoms with E-state index < -0.39 is 5.82 Å². The predicted octanol–water partition coefficient (Wildman–Crippen LogP) is 2.28. The SMILES string of the molecule is O=C(NCC(=O)N1CCC[C@H](c2nnc3n2CCCCC3)C1)c1ccc(F)cc1. The number of amides is 2. The maximum Gasteiger partial charge on any atom is 0.251 e. The van der Waals surface area contributed by atoms with E-state index in [1.54, 1.807) is 4.90 Å². The number of nitrogens with one attached hydrogen (secondary N) is 1. The predicted molar refractivity (Wildman–Crippen MR) is 105 cm³/mol. The first-order chi connectivity index (χ1) is 14.1. The van der Waals surface area contributed by atoms with Gasteiger partial charge in [-0.05, 0) is 49.9 Å². The fourth-order valence-electron chi connectivity index (χ4n) is 4.19. The molecule has 154 valence electrons. The molecule has 29 heavy (non-hydrogen) atoms. The summed E-state index contributed by atoms with van der Waals surface area (Å²) >= 11 is 0. The van der Waals surface area contributed by atoms with Gasteiger partial charge in [0, 0.05) is 37.5 Å². The zero-order valence-corrected chi connectivity index (χ0v) is 16.4. The number of fused-ring (bicyclic) bond motifs is 1. The molecule has 0 aliphatic carbocycles. The molecule has 1 saturated heterocycles. The minimum absolute atomic E-state index is 0.0686. The van der Waals surface area contributed by atoms with Crippen molar-refractivity contribution < 1.29 is 14.0 Å². The Balaban J connectivity index is 1.36. The van der Waals surface area contributed by atoms with Crippen LogP contribution in [0.5, 0.6) is 0 Å². The number of likely N-dealkylation sites (tertiary alicyclic amines) is 1. The molecule has 4 rings (SSSR count). The lowest BCUT2D eigenvalue weighted by Crippen LogP contribution is -2.45. The Labute approximate surface area is 169 Å². The first kappa shape index (κ1) is 19.5. The van der Waals surface area contributed by atoms with Crippen molar-refractivity contribution in [2.75, 3.05) is 19.6 Å². The largest absolute Gasteiger partial charge is 0.343 e. The Hall–Kier alpha value is -2.77. The van der Waals surface area contributed by atoms with Crippen molar-refractivity contribution in [3.8, 4) is 0 Å². The number of benzene rings is 1. The third kappa shape index (κ3) is 4.46. The minimum Gasteiger partial charge on any atom is -0.343 e. The Kier molecular flexibility index (Phi) is 5.87. The second kappa shape index (κ2) is 8.71. The first-order valence-electron chi connectivity index (χ1n) is 10.4. The summed E-state index contributed by atoms with van der Waals surface area (Å²) in [7, 11) is 0. The van der Waals surface area contributed by atoms with E-state index in [4.69, 9.17) is 0 Å². The molecular formula is C21H26FN5O2. The molecule has 1 aromatic carbocycles. The van der Waals surface area contributed by atoms with Gasteiger partial charge in [-0.2, -0.15) is 0 Å². The van der Waals surface area contributed by atoms with E-state index in [2.05, 4.69) is 20.1 Å². The average molecular weight is 399 g/mol. The topological polar surface area (TPSA) is 80.1 Å². The van der Waals surface area contributed by atoms with Crippen molar-refractivity contribution in [2.24, 2.45) is 0 Å². The van der Waals surface area contributed by atoms with E-state index in [-0.39, 0.29) is 24.3 Å². The normalized spacial score (nSPS) is 19.3. The van der Waals surface area contributed by atoms with Crippen molar-refractivity contribution in [1.82, 2.24) is 25.0 Å². The van der Waals surface area contributed by atoms with Gasteiger partial charge in [0.2, 0.25) is 5.91 Å². The molecule has 0 bridgehead atoms. The van der Waals surface area contributed by atoms with E-state index >= 15 is 0 Å². The average Bonchev–Trinajstić information content (AvgIpc) is 3.00. The molecule has 1 N–H and O–H groups in total. The van der Waals surface area contributed by atoms with Crippen LogP contribution >= 0.6 is 0 Å². The van der Waals surface area contributed by atoms with Crippen molar-refractivity contribution in [2.45, 2.75) is 51.0 Å². The standard InChI is InChI=1S/C21H26FN5O2/c22-17-9-7-15(8-10-17)21(29)23-13-19(28)26-11-4-5-16(14-26)20-25-24-18-6-2-1-3-12-27(18)20/h7-10,16H,1-6,11-14H2,(H,23,29)/t16-/m0/s1. The summed E-state index contributed by atoms with van der Waals surface area (Å²) in [5, 5.41) is 11.5. The molecule has 1 fully saturated rings. The number of carbonyl (C=O) groups is 2. The van der Waals surface area contributed by atoms with Crippen LogP contribution in [-0.2, 0) is 17.8 Å². The highest BCUT2D eigenvalue weighted by molar-refractivity contribution is 5.96. The van der Waals surface area contributed by atoms with Gasteiger partial charge in [-0.15, -0.1) is 10.2 Å². The molecule has 2 aliphatic heterocycles. The van der Waals surface area contributed by atoms with Gasteiger partial charge in [0.1, 0.15) is 17.5 Å². The molecule has 0 unspecified atom stereocenters. The number of aromatic nitrogens is 3. The Morgan fingerprint density at radius 1 is 1.07 bits per heavy atom. The van der Waals surface area contributed by atoms with Crippen molar-refractivity contribution >= 4 is 11.8 Å². The van der Waals surface area contributed by atoms with Gasteiger partial charge in [-0.1, -0.05) is 6.42 Å². The first-order valence-corrected chi connectivity index (χ1v) is 10.4. The molecule has 3 heterocycles. The highest BCUT2D eigenvalue weighted by Crippen LogP contribution is 2.28. The fraction of sp³-hybridized carbons (Fsp3) is 0.524. The Bertz CT molecular complexity index is 880. The lowest BCUT2D eigenvalue weighted by molar-refractivity contribution is -0.131. The highest BCUT2D eigenvalue weighted by atomic mass is 19.1. The van der Waals surface area contributed by atoms with Crippen LogP contribution < -0.4 is 5.32 Å². The second-order valence-electron chi connectivity index (χ2n) is 7.81. The highest BCUT2D eigenvalue weighted by Gasteiger charge is 2.29. The van der Waals surface area contributed by atoms with Crippen LogP contribution in [0.15, 0.2) is 24.3 Å². The molecule has 2 aromatic rings. The summed E-state index contributed by atoms with van der Waals surface area (Å²) in [5.41, 5.74) is 0.335. The van der Waals surface area contributed by atoms with Crippen LogP contribution in [0.1, 0.15) is 60.0 Å². The van der Waals surface area contributed by atoms with Crippen LogP contribution in [-0.4, -0.2) is 51.1 Å². The third-order valence-electron chi connectivity index (χ3n) is 5.78. The maximum atomic E-state index is 13.0. The van der Waals surface area contributed by atoms with Crippen molar-refractivity contribution in [3.63, 3.8) is 0 Å². The van der Waals surface area contributed by atoms with Gasteiger partial charge in [-0.3, -0.25) is 9.59 Å². The molecule has 0 radical (unpaired) electrons. The summed E-state index contributed by atoms with van der Waals surface area (Å²) in [6, 6.07) is 5.27. The van der Waals surface area contributed by atoms with E-state index in [1.165, 1.54) is 30.7 Å². The Morgan fingerprint density at radius 3 is 2.72 bits per heavy atom. The number of hydrogen-bond acceptors (Lipinski definition) is 4. The summed E-state index contributed by atoms with van der Waals surface area (Å²) in [5.74, 6) is 1.35. The van der Waals surface area contributed by atoms with E-state index in [9.17, 15) is 14.0 Å². The van der Waals surface area contributed by atoms with Crippen LogP contribution in [0.2, 0.25) is 0 Å². The van der Waals surface area contributed by atoms with Gasteiger partial charge in [-0.25, -0.2) is 4.39 Å². The van der Waals surface area contributed by atoms with Crippen LogP contribution in [0, 0.1) is 5.82 Å². The molecule has 0 spiro atoms. The van der Waals surface area contributed by atoms with Crippen LogP contribution in [0.25, 0.3) is 0 Å². The second-order valence-corrected chi connectivity index (χ2v) is 7.81. The Morgan fingerprint density at radius 2 is 1.90 bits per heavy atom. The van der Waals surface area contributed by atoms with Gasteiger partial charge < -0.3 is 14.8 Å². The van der Waals surface area contributed by atoms with Crippen LogP contribution in [0.4, 0.5) is 4.39 Å². The van der Waals surface area contributed by atoms with Crippen molar-refractivity contribution in [1.29, 1.82) is 0 Å². The number of rotatable bonds is 4. The number of hydrogen-bond donors (Lipinski definition) is 1. The zero-order chi connectivity index (χ0) is 20.2. The molecule has 1 atom stereocenters. The maximum absolute atomic E-state index is 13.0. The number of halogens is 1. The molecule has 7 nitrogen and oxygen atoms in total. The molecule has 0 saturated carbocycles. The molecular weight excluding hydrogens is 373 g/mol. The molecule has 2 amide bonds. The number of piperidine rings is 1. The van der Waals surface area contributed by atoms with E-state index in [0.29, 0.717) is 18.7 Å². The van der Waals surface area contributed by atoms with E-state index in [0.717, 1.165) is 50.3 Å². The quantitative estimate of drug-likeness (QED) is 0.855. The lowest BCUT2D eigenvalue weighted by Gasteiger charge is -2.32. The van der Waals surface area contributed by atoms with Gasteiger partial charge in [0.25, 0.3) is 5.91 Å². The monoisotopic (exact) mass is 399 g/mol. The molecule has 2 aliphatic rings. The van der Waals surface area contributed by atoms with Gasteiger partial charge in [0.05, 0.1) is 6.54 Å². The zero-order valence-electron chi connectivity index (χ0n) is 16.4. The summed E-state index contributed by atoms with van der Waals surface area (Å²) < 4.78 is 15.2. The summed E-state index contributed by atoms with van der Waals surface area (Å²) in [6.07, 6.45) is 6.38. The van der Waals surface area contributed by atoms with E-state index in [1.807, 2.05) is 0 Å². The molecule has 1 aromatic heterocycles. The van der Waals surface area contributed by atoms with Gasteiger partial charge >= 0.3 is 0 Å². The molecule has 8 heteroatoms.